The minimum absolute atomic E-state index is 0.0717. The molecule has 3 rings (SSSR count). The van der Waals surface area contributed by atoms with Gasteiger partial charge in [0.05, 0.1) is 7.11 Å². The summed E-state index contributed by atoms with van der Waals surface area (Å²) in [5.74, 6) is 1.84. The Morgan fingerprint density at radius 1 is 0.906 bits per heavy atom. The number of hydrogen-bond acceptors (Lipinski definition) is 3. The maximum absolute atomic E-state index is 12.8. The fourth-order valence-electron chi connectivity index (χ4n) is 3.68. The van der Waals surface area contributed by atoms with Crippen molar-refractivity contribution < 1.29 is 14.3 Å². The normalized spacial score (nSPS) is 11.8. The van der Waals surface area contributed by atoms with Gasteiger partial charge in [-0.25, -0.2) is 0 Å². The summed E-state index contributed by atoms with van der Waals surface area (Å²) >= 11 is 0. The van der Waals surface area contributed by atoms with E-state index in [2.05, 4.69) is 37.4 Å². The van der Waals surface area contributed by atoms with Gasteiger partial charge in [0, 0.05) is 17.2 Å². The summed E-state index contributed by atoms with van der Waals surface area (Å²) < 4.78 is 11.6. The van der Waals surface area contributed by atoms with Gasteiger partial charge in [0.2, 0.25) is 0 Å². The Morgan fingerprint density at radius 2 is 1.62 bits per heavy atom. The van der Waals surface area contributed by atoms with E-state index in [4.69, 9.17) is 9.47 Å². The van der Waals surface area contributed by atoms with Crippen molar-refractivity contribution in [3.05, 3.63) is 95.1 Å². The maximum atomic E-state index is 12.8. The Bertz CT molecular complexity index is 1010. The fourth-order valence-corrected chi connectivity index (χ4v) is 3.68. The lowest BCUT2D eigenvalue weighted by atomic mass is 10.0. The number of hydrogen-bond donors (Lipinski definition) is 1. The predicted octanol–water partition coefficient (Wildman–Crippen LogP) is 6.15. The van der Waals surface area contributed by atoms with Gasteiger partial charge in [-0.05, 0) is 61.1 Å². The molecular formula is C28H33NO3. The van der Waals surface area contributed by atoms with Gasteiger partial charge in [-0.15, -0.1) is 0 Å². The summed E-state index contributed by atoms with van der Waals surface area (Å²) in [6.07, 6.45) is 1.81. The molecule has 0 saturated carbocycles. The van der Waals surface area contributed by atoms with Crippen LogP contribution in [0.2, 0.25) is 0 Å². The second-order valence-electron chi connectivity index (χ2n) is 8.41. The molecule has 0 spiro atoms. The van der Waals surface area contributed by atoms with E-state index >= 15 is 0 Å². The first-order valence-electron chi connectivity index (χ1n) is 11.2. The van der Waals surface area contributed by atoms with E-state index in [9.17, 15) is 4.79 Å². The summed E-state index contributed by atoms with van der Waals surface area (Å²) in [5.41, 5.74) is 3.88. The molecule has 0 aromatic heterocycles. The molecule has 0 radical (unpaired) electrons. The SMILES string of the molecule is COc1ccc(C(=O)NC(C)CCc2ccccc2)cc1COc1ccccc1C(C)C. The smallest absolute Gasteiger partial charge is 0.251 e. The molecule has 0 aliphatic rings. The number of aryl methyl sites for hydroxylation is 1. The highest BCUT2D eigenvalue weighted by molar-refractivity contribution is 5.94. The van der Waals surface area contributed by atoms with Crippen LogP contribution in [0.25, 0.3) is 0 Å². The number of nitrogens with one attached hydrogen (secondary N) is 1. The maximum Gasteiger partial charge on any atom is 0.251 e. The lowest BCUT2D eigenvalue weighted by molar-refractivity contribution is 0.0938. The number of methoxy groups -OCH3 is 1. The molecule has 0 aliphatic carbocycles. The topological polar surface area (TPSA) is 47.6 Å². The van der Waals surface area contributed by atoms with Crippen LogP contribution in [0.4, 0.5) is 0 Å². The van der Waals surface area contributed by atoms with Crippen LogP contribution in [0.15, 0.2) is 72.8 Å². The molecule has 3 aromatic rings. The highest BCUT2D eigenvalue weighted by atomic mass is 16.5. The monoisotopic (exact) mass is 431 g/mol. The van der Waals surface area contributed by atoms with Crippen molar-refractivity contribution in [2.75, 3.05) is 7.11 Å². The van der Waals surface area contributed by atoms with Crippen molar-refractivity contribution in [2.45, 2.75) is 52.2 Å². The van der Waals surface area contributed by atoms with Gasteiger partial charge in [-0.3, -0.25) is 4.79 Å². The molecule has 4 nitrogen and oxygen atoms in total. The molecule has 32 heavy (non-hydrogen) atoms. The van der Waals surface area contributed by atoms with E-state index in [1.807, 2.05) is 55.5 Å². The Morgan fingerprint density at radius 3 is 2.34 bits per heavy atom. The Balaban J connectivity index is 1.65. The average Bonchev–Trinajstić information content (AvgIpc) is 2.82. The Labute approximate surface area is 191 Å². The van der Waals surface area contributed by atoms with E-state index in [-0.39, 0.29) is 11.9 Å². The third kappa shape index (κ3) is 6.36. The van der Waals surface area contributed by atoms with Gasteiger partial charge < -0.3 is 14.8 Å². The lowest BCUT2D eigenvalue weighted by Gasteiger charge is -2.17. The van der Waals surface area contributed by atoms with E-state index in [1.54, 1.807) is 13.2 Å². The Hall–Kier alpha value is -3.27. The molecule has 1 N–H and O–H groups in total. The average molecular weight is 432 g/mol. The summed E-state index contributed by atoms with van der Waals surface area (Å²) in [5, 5.41) is 3.11. The first-order valence-corrected chi connectivity index (χ1v) is 11.2. The van der Waals surface area contributed by atoms with Gasteiger partial charge in [0.1, 0.15) is 18.1 Å². The zero-order chi connectivity index (χ0) is 22.9. The minimum atomic E-state index is -0.0861. The lowest BCUT2D eigenvalue weighted by Crippen LogP contribution is -2.33. The first-order chi connectivity index (χ1) is 15.5. The standard InChI is InChI=1S/C28H33NO3/c1-20(2)25-12-8-9-13-27(25)32-19-24-18-23(16-17-26(24)31-4)28(30)29-21(3)14-15-22-10-6-5-7-11-22/h5-13,16-18,20-21H,14-15,19H2,1-4H3,(H,29,30). The zero-order valence-corrected chi connectivity index (χ0v) is 19.4. The number of amides is 1. The van der Waals surface area contributed by atoms with Gasteiger partial charge in [-0.1, -0.05) is 62.4 Å². The largest absolute Gasteiger partial charge is 0.496 e. The third-order valence-electron chi connectivity index (χ3n) is 5.55. The molecule has 1 unspecified atom stereocenters. The molecule has 0 bridgehead atoms. The molecule has 1 amide bonds. The molecule has 4 heteroatoms. The molecule has 3 aromatic carbocycles. The number of para-hydroxylation sites is 1. The number of ether oxygens (including phenoxy) is 2. The van der Waals surface area contributed by atoms with E-state index in [0.29, 0.717) is 23.8 Å². The molecule has 0 aliphatic heterocycles. The van der Waals surface area contributed by atoms with Crippen molar-refractivity contribution in [1.29, 1.82) is 0 Å². The van der Waals surface area contributed by atoms with E-state index in [1.165, 1.54) is 5.56 Å². The van der Waals surface area contributed by atoms with Crippen molar-refractivity contribution in [2.24, 2.45) is 0 Å². The molecule has 0 heterocycles. The Kier molecular flexibility index (Phi) is 8.32. The molecular weight excluding hydrogens is 398 g/mol. The number of benzene rings is 3. The van der Waals surface area contributed by atoms with Crippen LogP contribution >= 0.6 is 0 Å². The van der Waals surface area contributed by atoms with Crippen LogP contribution in [0.1, 0.15) is 60.2 Å². The second-order valence-corrected chi connectivity index (χ2v) is 8.41. The van der Waals surface area contributed by atoms with E-state index in [0.717, 1.165) is 29.7 Å². The molecule has 0 saturated heterocycles. The third-order valence-corrected chi connectivity index (χ3v) is 5.55. The molecule has 0 fully saturated rings. The van der Waals surface area contributed by atoms with Crippen LogP contribution in [-0.2, 0) is 13.0 Å². The minimum Gasteiger partial charge on any atom is -0.496 e. The summed E-state index contributed by atoms with van der Waals surface area (Å²) in [6.45, 7) is 6.66. The van der Waals surface area contributed by atoms with Crippen LogP contribution < -0.4 is 14.8 Å². The predicted molar refractivity (Wildman–Crippen MR) is 130 cm³/mol. The van der Waals surface area contributed by atoms with Crippen molar-refractivity contribution in [1.82, 2.24) is 5.32 Å². The van der Waals surface area contributed by atoms with Crippen LogP contribution in [0.5, 0.6) is 11.5 Å². The van der Waals surface area contributed by atoms with Crippen molar-refractivity contribution >= 4 is 5.91 Å². The van der Waals surface area contributed by atoms with Crippen molar-refractivity contribution in [3.63, 3.8) is 0 Å². The van der Waals surface area contributed by atoms with E-state index < -0.39 is 0 Å². The number of carbonyl (C=O) groups is 1. The quantitative estimate of drug-likeness (QED) is 0.419. The highest BCUT2D eigenvalue weighted by Crippen LogP contribution is 2.28. The van der Waals surface area contributed by atoms with Gasteiger partial charge in [0.15, 0.2) is 0 Å². The van der Waals surface area contributed by atoms with Gasteiger partial charge >= 0.3 is 0 Å². The number of rotatable bonds is 10. The van der Waals surface area contributed by atoms with Crippen LogP contribution in [0, 0.1) is 0 Å². The molecule has 168 valence electrons. The summed E-state index contributed by atoms with van der Waals surface area (Å²) in [6, 6.07) is 23.9. The first kappa shape index (κ1) is 23.4. The van der Waals surface area contributed by atoms with Crippen LogP contribution in [-0.4, -0.2) is 19.1 Å². The summed E-state index contributed by atoms with van der Waals surface area (Å²) in [4.78, 5) is 12.8. The van der Waals surface area contributed by atoms with Crippen molar-refractivity contribution in [3.8, 4) is 11.5 Å². The zero-order valence-electron chi connectivity index (χ0n) is 19.4. The van der Waals surface area contributed by atoms with Gasteiger partial charge in [0.25, 0.3) is 5.91 Å². The number of carbonyl (C=O) groups excluding carboxylic acids is 1. The molecule has 1 atom stereocenters. The second kappa shape index (κ2) is 11.4. The van der Waals surface area contributed by atoms with Crippen LogP contribution in [0.3, 0.4) is 0 Å². The highest BCUT2D eigenvalue weighted by Gasteiger charge is 2.14. The summed E-state index contributed by atoms with van der Waals surface area (Å²) in [7, 11) is 1.63. The van der Waals surface area contributed by atoms with Gasteiger partial charge in [-0.2, -0.15) is 0 Å². The fraction of sp³-hybridized carbons (Fsp3) is 0.321.